The molecule has 0 unspecified atom stereocenters. The molecule has 0 atom stereocenters. The first kappa shape index (κ1) is 13.6. The van der Waals surface area contributed by atoms with Gasteiger partial charge < -0.3 is 9.09 Å². The van der Waals surface area contributed by atoms with Gasteiger partial charge in [0.25, 0.3) is 0 Å². The Bertz CT molecular complexity index is 989. The topological polar surface area (TPSA) is 56.7 Å². The standard InChI is InChI=1S/C17H13FN4O/c1-22-10-19-14-7-6-12(8-15(14)22)17-20-16(23-21-17)9-11-4-2-3-5-13(11)18/h2-8,10H,9H2,1H3. The summed E-state index contributed by atoms with van der Waals surface area (Å²) in [5.41, 5.74) is 3.27. The van der Waals surface area contributed by atoms with E-state index in [2.05, 4.69) is 15.1 Å². The lowest BCUT2D eigenvalue weighted by atomic mass is 10.1. The van der Waals surface area contributed by atoms with Crippen LogP contribution in [0.1, 0.15) is 11.5 Å². The van der Waals surface area contributed by atoms with Crippen LogP contribution in [0.25, 0.3) is 22.4 Å². The molecule has 114 valence electrons. The number of aromatic nitrogens is 4. The molecule has 23 heavy (non-hydrogen) atoms. The number of fused-ring (bicyclic) bond motifs is 1. The van der Waals surface area contributed by atoms with Crippen molar-refractivity contribution in [1.82, 2.24) is 19.7 Å². The van der Waals surface area contributed by atoms with Crippen LogP contribution >= 0.6 is 0 Å². The highest BCUT2D eigenvalue weighted by atomic mass is 19.1. The van der Waals surface area contributed by atoms with Gasteiger partial charge in [0.1, 0.15) is 5.82 Å². The molecule has 0 spiro atoms. The van der Waals surface area contributed by atoms with Gasteiger partial charge in [0.05, 0.1) is 23.8 Å². The Balaban J connectivity index is 1.66. The molecule has 5 nitrogen and oxygen atoms in total. The maximum Gasteiger partial charge on any atom is 0.231 e. The molecule has 4 aromatic rings. The number of nitrogens with zero attached hydrogens (tertiary/aromatic N) is 4. The maximum absolute atomic E-state index is 13.7. The van der Waals surface area contributed by atoms with Crippen molar-refractivity contribution < 1.29 is 8.91 Å². The highest BCUT2D eigenvalue weighted by Gasteiger charge is 2.12. The van der Waals surface area contributed by atoms with Gasteiger partial charge in [0, 0.05) is 12.6 Å². The summed E-state index contributed by atoms with van der Waals surface area (Å²) in [5.74, 6) is 0.596. The molecule has 6 heteroatoms. The van der Waals surface area contributed by atoms with Crippen molar-refractivity contribution >= 4 is 11.0 Å². The van der Waals surface area contributed by atoms with E-state index in [9.17, 15) is 4.39 Å². The van der Waals surface area contributed by atoms with Gasteiger partial charge in [0.2, 0.25) is 11.7 Å². The molecule has 0 bridgehead atoms. The zero-order valence-electron chi connectivity index (χ0n) is 12.4. The largest absolute Gasteiger partial charge is 0.339 e. The number of benzene rings is 2. The molecular formula is C17H13FN4O. The van der Waals surface area contributed by atoms with Crippen LogP contribution in [-0.4, -0.2) is 19.7 Å². The SMILES string of the molecule is Cn1cnc2ccc(-c3noc(Cc4ccccc4F)n3)cc21. The molecular weight excluding hydrogens is 295 g/mol. The maximum atomic E-state index is 13.7. The zero-order chi connectivity index (χ0) is 15.8. The van der Waals surface area contributed by atoms with Crippen LogP contribution in [0.2, 0.25) is 0 Å². The molecule has 0 aliphatic rings. The predicted molar refractivity (Wildman–Crippen MR) is 83.2 cm³/mol. The zero-order valence-corrected chi connectivity index (χ0v) is 12.4. The van der Waals surface area contributed by atoms with Gasteiger partial charge >= 0.3 is 0 Å². The van der Waals surface area contributed by atoms with Crippen LogP contribution in [0.4, 0.5) is 4.39 Å². The van der Waals surface area contributed by atoms with E-state index in [1.807, 2.05) is 29.8 Å². The minimum atomic E-state index is -0.274. The van der Waals surface area contributed by atoms with Crippen molar-refractivity contribution in [3.63, 3.8) is 0 Å². The lowest BCUT2D eigenvalue weighted by Gasteiger charge is -1.98. The van der Waals surface area contributed by atoms with Crippen molar-refractivity contribution in [3.8, 4) is 11.4 Å². The minimum absolute atomic E-state index is 0.271. The van der Waals surface area contributed by atoms with Gasteiger partial charge in [-0.15, -0.1) is 0 Å². The normalized spacial score (nSPS) is 11.2. The fourth-order valence-electron chi connectivity index (χ4n) is 2.51. The Labute approximate surface area is 131 Å². The van der Waals surface area contributed by atoms with E-state index in [1.165, 1.54) is 6.07 Å². The van der Waals surface area contributed by atoms with E-state index in [1.54, 1.807) is 24.5 Å². The molecule has 0 aliphatic heterocycles. The molecule has 2 heterocycles. The Morgan fingerprint density at radius 1 is 1.17 bits per heavy atom. The van der Waals surface area contributed by atoms with Crippen LogP contribution in [0.3, 0.4) is 0 Å². The fraction of sp³-hybridized carbons (Fsp3) is 0.118. The smallest absolute Gasteiger partial charge is 0.231 e. The Morgan fingerprint density at radius 3 is 2.91 bits per heavy atom. The van der Waals surface area contributed by atoms with Gasteiger partial charge in [-0.25, -0.2) is 9.37 Å². The third-order valence-electron chi connectivity index (χ3n) is 3.75. The number of rotatable bonds is 3. The second-order valence-corrected chi connectivity index (χ2v) is 5.34. The quantitative estimate of drug-likeness (QED) is 0.582. The molecule has 0 radical (unpaired) electrons. The number of hydrogen-bond acceptors (Lipinski definition) is 4. The summed E-state index contributed by atoms with van der Waals surface area (Å²) in [5, 5.41) is 3.99. The molecule has 2 aromatic heterocycles. The monoisotopic (exact) mass is 308 g/mol. The van der Waals surface area contributed by atoms with E-state index in [-0.39, 0.29) is 12.2 Å². The number of hydrogen-bond donors (Lipinski definition) is 0. The van der Waals surface area contributed by atoms with E-state index in [0.29, 0.717) is 17.3 Å². The molecule has 0 fully saturated rings. The Hall–Kier alpha value is -3.02. The van der Waals surface area contributed by atoms with Crippen LogP contribution in [0.5, 0.6) is 0 Å². The van der Waals surface area contributed by atoms with Crippen molar-refractivity contribution in [2.24, 2.45) is 7.05 Å². The molecule has 0 saturated carbocycles. The fourth-order valence-corrected chi connectivity index (χ4v) is 2.51. The Kier molecular flexibility index (Phi) is 3.15. The summed E-state index contributed by atoms with van der Waals surface area (Å²) in [7, 11) is 1.93. The van der Waals surface area contributed by atoms with Gasteiger partial charge in [-0.1, -0.05) is 23.4 Å². The first-order valence-electron chi connectivity index (χ1n) is 7.18. The Morgan fingerprint density at radius 2 is 2.04 bits per heavy atom. The van der Waals surface area contributed by atoms with E-state index in [4.69, 9.17) is 4.52 Å². The summed E-state index contributed by atoms with van der Waals surface area (Å²) in [6, 6.07) is 12.3. The van der Waals surface area contributed by atoms with E-state index in [0.717, 1.165) is 16.6 Å². The lowest BCUT2D eigenvalue weighted by Crippen LogP contribution is -1.92. The minimum Gasteiger partial charge on any atom is -0.339 e. The first-order chi connectivity index (χ1) is 11.2. The van der Waals surface area contributed by atoms with Crippen LogP contribution in [0.15, 0.2) is 53.3 Å². The predicted octanol–water partition coefficient (Wildman–Crippen LogP) is 3.35. The van der Waals surface area contributed by atoms with Crippen molar-refractivity contribution in [3.05, 3.63) is 66.1 Å². The average molecular weight is 308 g/mol. The average Bonchev–Trinajstić information content (AvgIpc) is 3.17. The van der Waals surface area contributed by atoms with Crippen molar-refractivity contribution in [1.29, 1.82) is 0 Å². The van der Waals surface area contributed by atoms with E-state index >= 15 is 0 Å². The van der Waals surface area contributed by atoms with Crippen LogP contribution in [-0.2, 0) is 13.5 Å². The van der Waals surface area contributed by atoms with E-state index < -0.39 is 0 Å². The van der Waals surface area contributed by atoms with Gasteiger partial charge in [-0.2, -0.15) is 4.98 Å². The van der Waals surface area contributed by atoms with Crippen molar-refractivity contribution in [2.75, 3.05) is 0 Å². The second-order valence-electron chi connectivity index (χ2n) is 5.34. The first-order valence-corrected chi connectivity index (χ1v) is 7.18. The highest BCUT2D eigenvalue weighted by Crippen LogP contribution is 2.22. The molecule has 0 N–H and O–H groups in total. The number of imidazole rings is 1. The van der Waals surface area contributed by atoms with Crippen LogP contribution in [0, 0.1) is 5.82 Å². The third-order valence-corrected chi connectivity index (χ3v) is 3.75. The molecule has 4 rings (SSSR count). The summed E-state index contributed by atoms with van der Waals surface area (Å²) in [6.07, 6.45) is 2.03. The number of halogens is 1. The van der Waals surface area contributed by atoms with Crippen LogP contribution < -0.4 is 0 Å². The van der Waals surface area contributed by atoms with Gasteiger partial charge in [-0.3, -0.25) is 0 Å². The van der Waals surface area contributed by atoms with Gasteiger partial charge in [0.15, 0.2) is 0 Å². The second kappa shape index (κ2) is 5.31. The molecule has 0 aliphatic carbocycles. The molecule has 0 saturated heterocycles. The summed E-state index contributed by atoms with van der Waals surface area (Å²) < 4.78 is 20.9. The van der Waals surface area contributed by atoms with Crippen molar-refractivity contribution in [2.45, 2.75) is 6.42 Å². The molecule has 0 amide bonds. The summed E-state index contributed by atoms with van der Waals surface area (Å²) in [4.78, 5) is 8.64. The lowest BCUT2D eigenvalue weighted by molar-refractivity contribution is 0.384. The molecule has 2 aromatic carbocycles. The summed E-state index contributed by atoms with van der Waals surface area (Å²) in [6.45, 7) is 0. The van der Waals surface area contributed by atoms with Gasteiger partial charge in [-0.05, 0) is 29.8 Å². The summed E-state index contributed by atoms with van der Waals surface area (Å²) >= 11 is 0. The number of aryl methyl sites for hydroxylation is 1. The third kappa shape index (κ3) is 2.48. The highest BCUT2D eigenvalue weighted by molar-refractivity contribution is 5.80.